The van der Waals surface area contributed by atoms with Gasteiger partial charge in [-0.25, -0.2) is 22.5 Å². The summed E-state index contributed by atoms with van der Waals surface area (Å²) in [6.07, 6.45) is 2.04. The normalized spacial score (nSPS) is 14.8. The third-order valence-corrected chi connectivity index (χ3v) is 8.46. The van der Waals surface area contributed by atoms with Gasteiger partial charge in [0.1, 0.15) is 11.6 Å². The fraction of sp³-hybridized carbons (Fsp3) is 0.207. The Hall–Kier alpha value is -4.06. The Balaban J connectivity index is 1.41. The van der Waals surface area contributed by atoms with Crippen LogP contribution in [0.25, 0.3) is 11.1 Å². The van der Waals surface area contributed by atoms with Crippen LogP contribution in [0, 0.1) is 5.82 Å². The summed E-state index contributed by atoms with van der Waals surface area (Å²) in [5.41, 5.74) is 1.31. The van der Waals surface area contributed by atoms with Gasteiger partial charge in [-0.1, -0.05) is 35.9 Å². The van der Waals surface area contributed by atoms with E-state index in [2.05, 4.69) is 30.6 Å². The summed E-state index contributed by atoms with van der Waals surface area (Å²) >= 11 is 6.10. The monoisotopic (exact) mass is 594 g/mol. The predicted molar refractivity (Wildman–Crippen MR) is 159 cm³/mol. The van der Waals surface area contributed by atoms with Crippen LogP contribution in [0.4, 0.5) is 27.5 Å². The van der Waals surface area contributed by atoms with E-state index in [1.807, 2.05) is 0 Å². The molecular weight excluding hydrogens is 567 g/mol. The highest BCUT2D eigenvalue weighted by molar-refractivity contribution is 7.89. The molecule has 41 heavy (non-hydrogen) atoms. The lowest BCUT2D eigenvalue weighted by atomic mass is 9.83. The van der Waals surface area contributed by atoms with Crippen molar-refractivity contribution in [2.24, 2.45) is 0 Å². The Morgan fingerprint density at radius 2 is 1.85 bits per heavy atom. The van der Waals surface area contributed by atoms with Gasteiger partial charge >= 0.3 is 0 Å². The number of carbonyl (C=O) groups is 1. The fourth-order valence-electron chi connectivity index (χ4n) is 4.31. The van der Waals surface area contributed by atoms with Gasteiger partial charge in [0.15, 0.2) is 0 Å². The molecule has 3 aromatic carbocycles. The molecule has 0 radical (unpaired) electrons. The number of rotatable bonds is 4. The maximum Gasteiger partial charge on any atom is 0.240 e. The first-order chi connectivity index (χ1) is 19.5. The topological polar surface area (TPSA) is 125 Å². The van der Waals surface area contributed by atoms with Crippen molar-refractivity contribution in [2.75, 3.05) is 29.0 Å². The first-order valence-electron chi connectivity index (χ1n) is 12.9. The zero-order chi connectivity index (χ0) is 29.2. The van der Waals surface area contributed by atoms with Crippen molar-refractivity contribution in [1.82, 2.24) is 14.7 Å². The number of halogens is 2. The zero-order valence-electron chi connectivity index (χ0n) is 22.3. The van der Waals surface area contributed by atoms with Crippen molar-refractivity contribution in [2.45, 2.75) is 30.6 Å². The van der Waals surface area contributed by atoms with Gasteiger partial charge in [-0.3, -0.25) is 4.79 Å². The van der Waals surface area contributed by atoms with Crippen molar-refractivity contribution >= 4 is 50.7 Å². The van der Waals surface area contributed by atoms with Crippen LogP contribution in [0.1, 0.15) is 25.8 Å². The molecule has 0 saturated heterocycles. The van der Waals surface area contributed by atoms with Crippen LogP contribution in [0.15, 0.2) is 77.8 Å². The lowest BCUT2D eigenvalue weighted by Crippen LogP contribution is -2.35. The maximum absolute atomic E-state index is 15.3. The third kappa shape index (κ3) is 6.32. The van der Waals surface area contributed by atoms with Gasteiger partial charge < -0.3 is 16.0 Å². The van der Waals surface area contributed by atoms with Gasteiger partial charge in [-0.05, 0) is 73.9 Å². The van der Waals surface area contributed by atoms with Gasteiger partial charge in [0.05, 0.1) is 16.0 Å². The van der Waals surface area contributed by atoms with Crippen LogP contribution in [0.3, 0.4) is 0 Å². The van der Waals surface area contributed by atoms with Gasteiger partial charge in [0.2, 0.25) is 21.9 Å². The molecule has 5 rings (SSSR count). The Labute approximate surface area is 242 Å². The second kappa shape index (κ2) is 11.4. The highest BCUT2D eigenvalue weighted by Crippen LogP contribution is 2.32. The second-order valence-corrected chi connectivity index (χ2v) is 12.3. The molecule has 1 aliphatic heterocycles. The average Bonchev–Trinajstić information content (AvgIpc) is 2.94. The smallest absolute Gasteiger partial charge is 0.240 e. The molecule has 0 fully saturated rings. The van der Waals surface area contributed by atoms with Crippen LogP contribution < -0.4 is 20.7 Å². The van der Waals surface area contributed by atoms with Crippen LogP contribution >= 0.6 is 11.6 Å². The van der Waals surface area contributed by atoms with Crippen molar-refractivity contribution in [1.29, 1.82) is 0 Å². The molecule has 12 heteroatoms. The number of nitrogens with zero attached hydrogens (tertiary/aromatic N) is 2. The van der Waals surface area contributed by atoms with Crippen molar-refractivity contribution in [3.05, 3.63) is 89.3 Å². The molecule has 0 spiro atoms. The van der Waals surface area contributed by atoms with E-state index < -0.39 is 21.3 Å². The van der Waals surface area contributed by atoms with E-state index in [1.165, 1.54) is 24.3 Å². The summed E-state index contributed by atoms with van der Waals surface area (Å²) in [6.45, 7) is 4.11. The lowest BCUT2D eigenvalue weighted by molar-refractivity contribution is -0.120. The summed E-state index contributed by atoms with van der Waals surface area (Å²) in [7, 11) is -3.67. The van der Waals surface area contributed by atoms with Crippen molar-refractivity contribution < 1.29 is 17.6 Å². The lowest BCUT2D eigenvalue weighted by Gasteiger charge is -2.24. The summed E-state index contributed by atoms with van der Waals surface area (Å²) in [5.74, 6) is -0.322. The molecule has 2 heterocycles. The summed E-state index contributed by atoms with van der Waals surface area (Å²) in [5, 5.41) is 9.43. The zero-order valence-corrected chi connectivity index (χ0v) is 23.9. The number of hydrogen-bond donors (Lipinski definition) is 4. The molecule has 9 nitrogen and oxygen atoms in total. The molecule has 0 unspecified atom stereocenters. The highest BCUT2D eigenvalue weighted by Gasteiger charge is 2.30. The SMILES string of the molecule is CC(C)(C(=O)Nc1ccc(-c2cnc3nc2NCCCNS(=O)(=O)c2cccc(c2)N3)cc1F)c1cccc(Cl)c1. The van der Waals surface area contributed by atoms with Crippen LogP contribution in [0.5, 0.6) is 0 Å². The Kier molecular flexibility index (Phi) is 7.94. The number of anilines is 4. The van der Waals surface area contributed by atoms with E-state index >= 15 is 4.39 Å². The molecule has 1 aromatic heterocycles. The summed E-state index contributed by atoms with van der Waals surface area (Å²) in [4.78, 5) is 22.2. The number of fused-ring (bicyclic) bond motifs is 4. The standard InChI is InChI=1S/C29H28ClFN6O3S/c1-29(2,19-6-3-7-20(30)15-19)27(38)36-25-11-10-18(14-24(25)31)23-17-33-28-35-21-8-4-9-22(16-21)41(39,40)34-13-5-12-32-26(23)37-28/h3-4,6-11,14-17,34H,5,12-13H2,1-2H3,(H,36,38)(H2,32,33,35,37). The maximum atomic E-state index is 15.3. The first-order valence-corrected chi connectivity index (χ1v) is 14.7. The van der Waals surface area contributed by atoms with E-state index in [1.54, 1.807) is 62.5 Å². The van der Waals surface area contributed by atoms with Crippen molar-refractivity contribution in [3.63, 3.8) is 0 Å². The Bertz CT molecular complexity index is 1730. The fourth-order valence-corrected chi connectivity index (χ4v) is 5.62. The third-order valence-electron chi connectivity index (χ3n) is 6.77. The highest BCUT2D eigenvalue weighted by atomic mass is 35.5. The van der Waals surface area contributed by atoms with E-state index in [0.717, 1.165) is 0 Å². The number of carbonyl (C=O) groups excluding carboxylic acids is 1. The minimum atomic E-state index is -3.67. The van der Waals surface area contributed by atoms with E-state index in [9.17, 15) is 13.2 Å². The number of amides is 1. The van der Waals surface area contributed by atoms with Gasteiger partial charge in [-0.2, -0.15) is 4.98 Å². The van der Waals surface area contributed by atoms with E-state index in [0.29, 0.717) is 46.2 Å². The van der Waals surface area contributed by atoms with Gasteiger partial charge in [-0.15, -0.1) is 0 Å². The van der Waals surface area contributed by atoms with Crippen molar-refractivity contribution in [3.8, 4) is 11.1 Å². The predicted octanol–water partition coefficient (Wildman–Crippen LogP) is 5.69. The van der Waals surface area contributed by atoms with Gasteiger partial charge in [0.25, 0.3) is 0 Å². The minimum absolute atomic E-state index is 0.0353. The number of aromatic nitrogens is 2. The molecule has 4 aromatic rings. The molecule has 1 aliphatic rings. The largest absolute Gasteiger partial charge is 0.369 e. The molecule has 4 bridgehead atoms. The van der Waals surface area contributed by atoms with Gasteiger partial charge in [0, 0.05) is 35.6 Å². The molecule has 0 aliphatic carbocycles. The molecule has 4 N–H and O–H groups in total. The molecule has 0 saturated carbocycles. The summed E-state index contributed by atoms with van der Waals surface area (Å²) < 4.78 is 43.1. The minimum Gasteiger partial charge on any atom is -0.369 e. The number of sulfonamides is 1. The quantitative estimate of drug-likeness (QED) is 0.239. The number of hydrogen-bond acceptors (Lipinski definition) is 7. The Morgan fingerprint density at radius 1 is 1.05 bits per heavy atom. The first kappa shape index (κ1) is 28.5. The van der Waals surface area contributed by atoms with Crippen LogP contribution in [0.2, 0.25) is 5.02 Å². The molecule has 212 valence electrons. The molecular formula is C29H28ClFN6O3S. The van der Waals surface area contributed by atoms with E-state index in [-0.39, 0.29) is 29.0 Å². The molecule has 1 amide bonds. The molecule has 0 atom stereocenters. The van der Waals surface area contributed by atoms with Crippen LogP contribution in [-0.2, 0) is 20.2 Å². The van der Waals surface area contributed by atoms with Crippen LogP contribution in [-0.4, -0.2) is 37.4 Å². The average molecular weight is 595 g/mol. The number of nitrogens with one attached hydrogen (secondary N) is 4. The second-order valence-electron chi connectivity index (χ2n) is 10.1. The Morgan fingerprint density at radius 3 is 2.63 bits per heavy atom. The number of benzene rings is 3. The van der Waals surface area contributed by atoms with E-state index in [4.69, 9.17) is 11.6 Å². The summed E-state index contributed by atoms with van der Waals surface area (Å²) in [6, 6.07) is 17.8.